The maximum Gasteiger partial charge on any atom is 0.231 e. The molecule has 7 nitrogen and oxygen atoms in total. The molecule has 0 saturated heterocycles. The van der Waals surface area contributed by atoms with Gasteiger partial charge in [0, 0.05) is 24.0 Å². The van der Waals surface area contributed by atoms with Crippen molar-refractivity contribution in [3.63, 3.8) is 0 Å². The molecule has 0 atom stereocenters. The van der Waals surface area contributed by atoms with Crippen LogP contribution in [-0.4, -0.2) is 36.9 Å². The van der Waals surface area contributed by atoms with Crippen LogP contribution < -0.4 is 5.32 Å². The molecule has 2 fully saturated rings. The highest BCUT2D eigenvalue weighted by molar-refractivity contribution is 7.99. The van der Waals surface area contributed by atoms with E-state index in [1.807, 2.05) is 12.1 Å². The number of pyridine rings is 1. The maximum absolute atomic E-state index is 12.4. The normalized spacial score (nSPS) is 18.4. The number of hydrogen-bond acceptors (Lipinski definition) is 6. The molecular formula is C18H20N6OS. The van der Waals surface area contributed by atoms with Gasteiger partial charge in [-0.1, -0.05) is 11.8 Å². The van der Waals surface area contributed by atoms with Crippen LogP contribution in [0.1, 0.15) is 44.6 Å². The van der Waals surface area contributed by atoms with Crippen LogP contribution in [0.4, 0.5) is 0 Å². The molecule has 0 radical (unpaired) electrons. The third-order valence-corrected chi connectivity index (χ3v) is 5.82. The van der Waals surface area contributed by atoms with E-state index in [0.717, 1.165) is 55.1 Å². The molecule has 0 bridgehead atoms. The minimum absolute atomic E-state index is 0.119. The second-order valence-electron chi connectivity index (χ2n) is 6.89. The first-order valence-electron chi connectivity index (χ1n) is 8.91. The average molecular weight is 368 g/mol. The summed E-state index contributed by atoms with van der Waals surface area (Å²) in [5, 5.41) is 21.7. The fourth-order valence-corrected chi connectivity index (χ4v) is 4.21. The predicted molar refractivity (Wildman–Crippen MR) is 97.2 cm³/mol. The molecule has 2 aromatic rings. The number of hydrogen-bond donors (Lipinski definition) is 1. The number of thioether (sulfide) groups is 1. The molecule has 2 aromatic heterocycles. The molecule has 134 valence electrons. The zero-order valence-electron chi connectivity index (χ0n) is 14.4. The first-order valence-corrected chi connectivity index (χ1v) is 9.90. The van der Waals surface area contributed by atoms with Crippen molar-refractivity contribution in [1.82, 2.24) is 25.1 Å². The van der Waals surface area contributed by atoms with Gasteiger partial charge in [0.25, 0.3) is 0 Å². The standard InChI is InChI=1S/C18H20N6OS/c19-12-18(7-1-2-8-18)21-15(25)11-26-17-23-22-16(24(17)14-5-6-14)13-4-3-9-20-10-13/h3-4,9-10,14H,1-2,5-8,11H2,(H,21,25). The van der Waals surface area contributed by atoms with Gasteiger partial charge in [-0.3, -0.25) is 14.3 Å². The Balaban J connectivity index is 1.46. The Hall–Kier alpha value is -2.40. The van der Waals surface area contributed by atoms with E-state index >= 15 is 0 Å². The fourth-order valence-electron chi connectivity index (χ4n) is 3.41. The third-order valence-electron chi connectivity index (χ3n) is 4.88. The molecule has 0 unspecified atom stereocenters. The Morgan fingerprint density at radius 3 is 2.85 bits per heavy atom. The van der Waals surface area contributed by atoms with Gasteiger partial charge in [0.15, 0.2) is 11.0 Å². The lowest BCUT2D eigenvalue weighted by Crippen LogP contribution is -2.45. The van der Waals surface area contributed by atoms with Gasteiger partial charge in [-0.2, -0.15) is 5.26 Å². The number of aromatic nitrogens is 4. The molecule has 2 aliphatic rings. The fraction of sp³-hybridized carbons (Fsp3) is 0.500. The average Bonchev–Trinajstić information content (AvgIpc) is 3.25. The van der Waals surface area contributed by atoms with Crippen LogP contribution in [0.3, 0.4) is 0 Å². The van der Waals surface area contributed by atoms with Crippen LogP contribution in [0, 0.1) is 11.3 Å². The monoisotopic (exact) mass is 368 g/mol. The molecule has 8 heteroatoms. The van der Waals surface area contributed by atoms with E-state index in [0.29, 0.717) is 6.04 Å². The largest absolute Gasteiger partial charge is 0.337 e. The lowest BCUT2D eigenvalue weighted by Gasteiger charge is -2.21. The summed E-state index contributed by atoms with van der Waals surface area (Å²) < 4.78 is 2.12. The minimum Gasteiger partial charge on any atom is -0.337 e. The summed E-state index contributed by atoms with van der Waals surface area (Å²) in [5.74, 6) is 0.918. The Kier molecular flexibility index (Phi) is 4.64. The van der Waals surface area contributed by atoms with Gasteiger partial charge in [0.05, 0.1) is 11.8 Å². The third kappa shape index (κ3) is 3.44. The summed E-state index contributed by atoms with van der Waals surface area (Å²) in [6.07, 6.45) is 9.17. The van der Waals surface area contributed by atoms with E-state index in [9.17, 15) is 10.1 Å². The van der Waals surface area contributed by atoms with Gasteiger partial charge in [0.1, 0.15) is 5.54 Å². The number of nitrogens with one attached hydrogen (secondary N) is 1. The number of carbonyl (C=O) groups is 1. The summed E-state index contributed by atoms with van der Waals surface area (Å²) in [6.45, 7) is 0. The van der Waals surface area contributed by atoms with Crippen LogP contribution in [0.15, 0.2) is 29.7 Å². The van der Waals surface area contributed by atoms with Crippen LogP contribution in [0.5, 0.6) is 0 Å². The van der Waals surface area contributed by atoms with Crippen molar-refractivity contribution < 1.29 is 4.79 Å². The first-order chi connectivity index (χ1) is 12.7. The summed E-state index contributed by atoms with van der Waals surface area (Å²) in [7, 11) is 0. The molecule has 2 aliphatic carbocycles. The molecule has 2 saturated carbocycles. The quantitative estimate of drug-likeness (QED) is 0.788. The molecular weight excluding hydrogens is 348 g/mol. The van der Waals surface area contributed by atoms with Gasteiger partial charge >= 0.3 is 0 Å². The summed E-state index contributed by atoms with van der Waals surface area (Å²) in [6, 6.07) is 6.53. The Morgan fingerprint density at radius 1 is 1.38 bits per heavy atom. The lowest BCUT2D eigenvalue weighted by atomic mass is 10.0. The van der Waals surface area contributed by atoms with Gasteiger partial charge in [-0.15, -0.1) is 10.2 Å². The Labute approximate surface area is 156 Å². The van der Waals surface area contributed by atoms with Gasteiger partial charge < -0.3 is 5.32 Å². The zero-order chi connectivity index (χ0) is 18.0. The summed E-state index contributed by atoms with van der Waals surface area (Å²) in [4.78, 5) is 16.5. The molecule has 1 N–H and O–H groups in total. The van der Waals surface area contributed by atoms with Crippen molar-refractivity contribution in [3.05, 3.63) is 24.5 Å². The van der Waals surface area contributed by atoms with Crippen LogP contribution >= 0.6 is 11.8 Å². The zero-order valence-corrected chi connectivity index (χ0v) is 15.2. The SMILES string of the molecule is N#CC1(NC(=O)CSc2nnc(-c3cccnc3)n2C2CC2)CCCC1. The topological polar surface area (TPSA) is 96.5 Å². The van der Waals surface area contributed by atoms with Gasteiger partial charge in [-0.05, 0) is 50.7 Å². The number of rotatable bonds is 6. The van der Waals surface area contributed by atoms with Crippen molar-refractivity contribution in [1.29, 1.82) is 5.26 Å². The van der Waals surface area contributed by atoms with E-state index < -0.39 is 5.54 Å². The van der Waals surface area contributed by atoms with Crippen LogP contribution in [0.2, 0.25) is 0 Å². The smallest absolute Gasteiger partial charge is 0.231 e. The van der Waals surface area contributed by atoms with E-state index in [4.69, 9.17) is 0 Å². The first kappa shape index (κ1) is 17.0. The molecule has 0 aromatic carbocycles. The van der Waals surface area contributed by atoms with E-state index in [2.05, 4.69) is 31.1 Å². The second-order valence-corrected chi connectivity index (χ2v) is 7.83. The van der Waals surface area contributed by atoms with Crippen molar-refractivity contribution in [2.24, 2.45) is 0 Å². The van der Waals surface area contributed by atoms with Crippen molar-refractivity contribution >= 4 is 17.7 Å². The van der Waals surface area contributed by atoms with E-state index in [1.54, 1.807) is 12.4 Å². The van der Waals surface area contributed by atoms with Crippen molar-refractivity contribution in [2.75, 3.05) is 5.75 Å². The highest BCUT2D eigenvalue weighted by atomic mass is 32.2. The Morgan fingerprint density at radius 2 is 2.19 bits per heavy atom. The Bertz CT molecular complexity index is 833. The molecule has 2 heterocycles. The molecule has 0 aliphatic heterocycles. The van der Waals surface area contributed by atoms with Crippen LogP contribution in [-0.2, 0) is 4.79 Å². The summed E-state index contributed by atoms with van der Waals surface area (Å²) >= 11 is 1.38. The summed E-state index contributed by atoms with van der Waals surface area (Å²) in [5.41, 5.74) is 0.250. The van der Waals surface area contributed by atoms with Crippen molar-refractivity contribution in [3.8, 4) is 17.5 Å². The van der Waals surface area contributed by atoms with Gasteiger partial charge in [0.2, 0.25) is 5.91 Å². The lowest BCUT2D eigenvalue weighted by molar-refractivity contribution is -0.119. The number of nitriles is 1. The minimum atomic E-state index is -0.678. The van der Waals surface area contributed by atoms with Crippen LogP contribution in [0.25, 0.3) is 11.4 Å². The molecule has 1 amide bonds. The number of amides is 1. The number of carbonyl (C=O) groups excluding carboxylic acids is 1. The van der Waals surface area contributed by atoms with E-state index in [-0.39, 0.29) is 11.7 Å². The highest BCUT2D eigenvalue weighted by Crippen LogP contribution is 2.41. The molecule has 0 spiro atoms. The van der Waals surface area contributed by atoms with Gasteiger partial charge in [-0.25, -0.2) is 0 Å². The second kappa shape index (κ2) is 7.08. The van der Waals surface area contributed by atoms with Crippen molar-refractivity contribution in [2.45, 2.75) is 55.3 Å². The molecule has 4 rings (SSSR count). The van der Waals surface area contributed by atoms with E-state index in [1.165, 1.54) is 11.8 Å². The highest BCUT2D eigenvalue weighted by Gasteiger charge is 2.35. The predicted octanol–water partition coefficient (Wildman–Crippen LogP) is 2.72. The maximum atomic E-state index is 12.4. The number of nitrogens with zero attached hydrogens (tertiary/aromatic N) is 5. The molecule has 26 heavy (non-hydrogen) atoms.